The number of fused-ring (bicyclic) bond motifs is 1. The maximum absolute atomic E-state index is 12.3. The molecule has 130 valence electrons. The molecule has 0 bridgehead atoms. The zero-order valence-electron chi connectivity index (χ0n) is 13.4. The van der Waals surface area contributed by atoms with Gasteiger partial charge in [-0.05, 0) is 25.5 Å². The Morgan fingerprint density at radius 1 is 1.25 bits per heavy atom. The zero-order chi connectivity index (χ0) is 17.9. The van der Waals surface area contributed by atoms with Gasteiger partial charge >= 0.3 is 0 Å². The van der Waals surface area contributed by atoms with E-state index in [4.69, 9.17) is 0 Å². The maximum Gasteiger partial charge on any atom is 0.269 e. The van der Waals surface area contributed by atoms with Crippen LogP contribution in [0.15, 0.2) is 29.2 Å². The molecule has 1 aromatic rings. The van der Waals surface area contributed by atoms with Gasteiger partial charge in [-0.25, -0.2) is 12.7 Å². The van der Waals surface area contributed by atoms with E-state index in [1.54, 1.807) is 6.07 Å². The van der Waals surface area contributed by atoms with Gasteiger partial charge in [-0.1, -0.05) is 19.1 Å². The fourth-order valence-electron chi connectivity index (χ4n) is 2.27. The van der Waals surface area contributed by atoms with Gasteiger partial charge in [0.1, 0.15) is 17.5 Å². The molecule has 3 amide bonds. The Morgan fingerprint density at radius 3 is 2.54 bits per heavy atom. The van der Waals surface area contributed by atoms with Crippen molar-refractivity contribution in [2.45, 2.75) is 31.2 Å². The average molecular weight is 353 g/mol. The van der Waals surface area contributed by atoms with Crippen molar-refractivity contribution in [3.05, 3.63) is 29.8 Å². The third-order valence-electron chi connectivity index (χ3n) is 3.52. The molecule has 2 N–H and O–H groups in total. The Balaban J connectivity index is 2.05. The van der Waals surface area contributed by atoms with Gasteiger partial charge in [-0.3, -0.25) is 14.4 Å². The normalized spacial score (nSPS) is 16.4. The summed E-state index contributed by atoms with van der Waals surface area (Å²) in [5.41, 5.74) is 0.0408. The molecule has 1 atom stereocenters. The number of rotatable bonds is 6. The summed E-state index contributed by atoms with van der Waals surface area (Å²) >= 11 is 0. The molecule has 1 heterocycles. The molecule has 1 aliphatic rings. The Labute approximate surface area is 140 Å². The number of nitrogens with zero attached hydrogens (tertiary/aromatic N) is 1. The number of benzene rings is 1. The Hall–Kier alpha value is -2.42. The molecular weight excluding hydrogens is 334 g/mol. The lowest BCUT2D eigenvalue weighted by Crippen LogP contribution is -2.48. The molecule has 1 aromatic carbocycles. The minimum Gasteiger partial charge on any atom is -0.354 e. The minimum atomic E-state index is -4.04. The summed E-state index contributed by atoms with van der Waals surface area (Å²) in [7, 11) is -4.04. The predicted octanol–water partition coefficient (Wildman–Crippen LogP) is -0.138. The second-order valence-electron chi connectivity index (χ2n) is 5.39. The van der Waals surface area contributed by atoms with E-state index in [0.29, 0.717) is 10.8 Å². The van der Waals surface area contributed by atoms with Crippen molar-refractivity contribution in [3.63, 3.8) is 0 Å². The standard InChI is InChI=1S/C15H19N3O5S/c1-3-8-16-14(20)10(2)17-13(19)9-18-15(21)11-6-4-5-7-12(11)24(18,22)23/h4-7,10H,3,8-9H2,1-2H3,(H,16,20)(H,17,19)/t10-/m0/s1. The third-order valence-corrected chi connectivity index (χ3v) is 5.31. The molecular formula is C15H19N3O5S. The van der Waals surface area contributed by atoms with Crippen LogP contribution in [-0.4, -0.2) is 49.6 Å². The lowest BCUT2D eigenvalue weighted by atomic mass is 10.2. The molecule has 9 heteroatoms. The molecule has 0 fully saturated rings. The third kappa shape index (κ3) is 3.40. The molecule has 0 aromatic heterocycles. The first kappa shape index (κ1) is 17.9. The molecule has 0 radical (unpaired) electrons. The van der Waals surface area contributed by atoms with Crippen molar-refractivity contribution < 1.29 is 22.8 Å². The van der Waals surface area contributed by atoms with E-state index in [-0.39, 0.29) is 16.4 Å². The van der Waals surface area contributed by atoms with E-state index in [9.17, 15) is 22.8 Å². The van der Waals surface area contributed by atoms with E-state index in [0.717, 1.165) is 6.42 Å². The summed E-state index contributed by atoms with van der Waals surface area (Å²) in [5, 5.41) is 5.01. The summed E-state index contributed by atoms with van der Waals surface area (Å²) in [6.07, 6.45) is 0.755. The number of hydrogen-bond donors (Lipinski definition) is 2. The van der Waals surface area contributed by atoms with Crippen LogP contribution < -0.4 is 10.6 Å². The van der Waals surface area contributed by atoms with Crippen molar-refractivity contribution in [1.82, 2.24) is 14.9 Å². The van der Waals surface area contributed by atoms with Gasteiger partial charge < -0.3 is 10.6 Å². The highest BCUT2D eigenvalue weighted by Gasteiger charge is 2.41. The molecule has 0 saturated carbocycles. The van der Waals surface area contributed by atoms with Crippen LogP contribution in [0.1, 0.15) is 30.6 Å². The van der Waals surface area contributed by atoms with E-state index < -0.39 is 34.4 Å². The molecule has 1 aliphatic heterocycles. The molecule has 0 aliphatic carbocycles. The van der Waals surface area contributed by atoms with Crippen LogP contribution in [0, 0.1) is 0 Å². The lowest BCUT2D eigenvalue weighted by molar-refractivity contribution is -0.128. The molecule has 2 rings (SSSR count). The first-order valence-electron chi connectivity index (χ1n) is 7.52. The van der Waals surface area contributed by atoms with Gasteiger partial charge in [0.2, 0.25) is 11.8 Å². The fourth-order valence-corrected chi connectivity index (χ4v) is 3.80. The Kier molecular flexibility index (Phi) is 5.23. The van der Waals surface area contributed by atoms with Crippen LogP contribution >= 0.6 is 0 Å². The number of carbonyl (C=O) groups is 3. The van der Waals surface area contributed by atoms with Crippen LogP contribution in [-0.2, 0) is 19.6 Å². The molecule has 0 unspecified atom stereocenters. The van der Waals surface area contributed by atoms with Gasteiger partial charge in [-0.2, -0.15) is 0 Å². The van der Waals surface area contributed by atoms with Crippen LogP contribution in [0.5, 0.6) is 0 Å². The van der Waals surface area contributed by atoms with Gasteiger partial charge in [-0.15, -0.1) is 0 Å². The Morgan fingerprint density at radius 2 is 1.92 bits per heavy atom. The number of amides is 3. The first-order valence-corrected chi connectivity index (χ1v) is 8.96. The van der Waals surface area contributed by atoms with E-state index in [2.05, 4.69) is 10.6 Å². The van der Waals surface area contributed by atoms with Crippen molar-refractivity contribution in [1.29, 1.82) is 0 Å². The van der Waals surface area contributed by atoms with Crippen molar-refractivity contribution in [2.75, 3.05) is 13.1 Å². The SMILES string of the molecule is CCCNC(=O)[C@H](C)NC(=O)CN1C(=O)c2ccccc2S1(=O)=O. The highest BCUT2D eigenvalue weighted by atomic mass is 32.2. The summed E-state index contributed by atoms with van der Waals surface area (Å²) in [5.74, 6) is -1.84. The lowest BCUT2D eigenvalue weighted by Gasteiger charge is -2.17. The van der Waals surface area contributed by atoms with E-state index >= 15 is 0 Å². The van der Waals surface area contributed by atoms with Crippen LogP contribution in [0.4, 0.5) is 0 Å². The van der Waals surface area contributed by atoms with Crippen LogP contribution in [0.25, 0.3) is 0 Å². The monoisotopic (exact) mass is 353 g/mol. The van der Waals surface area contributed by atoms with E-state index in [1.165, 1.54) is 25.1 Å². The minimum absolute atomic E-state index is 0.0408. The van der Waals surface area contributed by atoms with E-state index in [1.807, 2.05) is 6.92 Å². The second-order valence-corrected chi connectivity index (χ2v) is 7.22. The molecule has 24 heavy (non-hydrogen) atoms. The van der Waals surface area contributed by atoms with Crippen LogP contribution in [0.3, 0.4) is 0 Å². The zero-order valence-corrected chi connectivity index (χ0v) is 14.2. The quantitative estimate of drug-likeness (QED) is 0.739. The topological polar surface area (TPSA) is 113 Å². The number of sulfonamides is 1. The highest BCUT2D eigenvalue weighted by molar-refractivity contribution is 7.90. The molecule has 0 saturated heterocycles. The molecule has 8 nitrogen and oxygen atoms in total. The van der Waals surface area contributed by atoms with Gasteiger partial charge in [0.15, 0.2) is 0 Å². The number of carbonyl (C=O) groups excluding carboxylic acids is 3. The van der Waals surface area contributed by atoms with Crippen molar-refractivity contribution in [3.8, 4) is 0 Å². The summed E-state index contributed by atoms with van der Waals surface area (Å²) in [4.78, 5) is 35.8. The van der Waals surface area contributed by atoms with Gasteiger partial charge in [0, 0.05) is 6.54 Å². The summed E-state index contributed by atoms with van der Waals surface area (Å²) in [6, 6.07) is 4.95. The van der Waals surface area contributed by atoms with Crippen molar-refractivity contribution >= 4 is 27.7 Å². The predicted molar refractivity (Wildman–Crippen MR) is 85.6 cm³/mol. The highest BCUT2D eigenvalue weighted by Crippen LogP contribution is 2.29. The van der Waals surface area contributed by atoms with Crippen molar-refractivity contribution in [2.24, 2.45) is 0 Å². The summed E-state index contributed by atoms with van der Waals surface area (Å²) < 4.78 is 25.2. The van der Waals surface area contributed by atoms with Gasteiger partial charge in [0.05, 0.1) is 5.56 Å². The van der Waals surface area contributed by atoms with Gasteiger partial charge in [0.25, 0.3) is 15.9 Å². The van der Waals surface area contributed by atoms with Crippen LogP contribution in [0.2, 0.25) is 0 Å². The number of hydrogen-bond acceptors (Lipinski definition) is 5. The summed E-state index contributed by atoms with van der Waals surface area (Å²) in [6.45, 7) is 3.19. The first-order chi connectivity index (χ1) is 11.3. The second kappa shape index (κ2) is 7.00. The fraction of sp³-hybridized carbons (Fsp3) is 0.400. The number of nitrogens with one attached hydrogen (secondary N) is 2. The average Bonchev–Trinajstić information content (AvgIpc) is 2.74. The largest absolute Gasteiger partial charge is 0.354 e. The smallest absolute Gasteiger partial charge is 0.269 e. The Bertz CT molecular complexity index is 775. The maximum atomic E-state index is 12.3. The molecule has 0 spiro atoms.